The summed E-state index contributed by atoms with van der Waals surface area (Å²) in [7, 11) is -1.62. The molecule has 1 aliphatic heterocycles. The van der Waals surface area contributed by atoms with Crippen LogP contribution in [0.4, 0.5) is 0 Å². The maximum absolute atomic E-state index is 12.2. The summed E-state index contributed by atoms with van der Waals surface area (Å²) in [6.45, 7) is 3.79. The number of rotatable bonds is 3. The van der Waals surface area contributed by atoms with Crippen LogP contribution >= 0.6 is 0 Å². The van der Waals surface area contributed by atoms with E-state index < -0.39 is 9.84 Å². The fourth-order valence-corrected chi connectivity index (χ4v) is 3.36. The van der Waals surface area contributed by atoms with E-state index in [1.807, 2.05) is 24.7 Å². The molecule has 0 saturated carbocycles. The van der Waals surface area contributed by atoms with Crippen molar-refractivity contribution < 1.29 is 8.42 Å². The minimum Gasteiger partial charge on any atom is -0.297 e. The highest BCUT2D eigenvalue weighted by molar-refractivity contribution is 7.90. The number of fused-ring (bicyclic) bond motifs is 1. The molecule has 0 spiro atoms. The first-order valence-electron chi connectivity index (χ1n) is 7.28. The molecule has 9 heteroatoms. The van der Waals surface area contributed by atoms with Gasteiger partial charge >= 0.3 is 0 Å². The summed E-state index contributed by atoms with van der Waals surface area (Å²) in [5.41, 5.74) is 2.77. The van der Waals surface area contributed by atoms with Gasteiger partial charge in [0.2, 0.25) is 15.0 Å². The predicted molar refractivity (Wildman–Crippen MR) is 83.7 cm³/mol. The number of aromatic amines is 1. The fourth-order valence-electron chi connectivity index (χ4n) is 2.81. The summed E-state index contributed by atoms with van der Waals surface area (Å²) < 4.78 is 25.0. The Morgan fingerprint density at radius 2 is 2.13 bits per heavy atom. The van der Waals surface area contributed by atoms with E-state index in [-0.39, 0.29) is 10.7 Å². The summed E-state index contributed by atoms with van der Waals surface area (Å²) >= 11 is 0. The summed E-state index contributed by atoms with van der Waals surface area (Å²) in [4.78, 5) is 20.8. The fraction of sp³-hybridized carbons (Fsp3) is 0.500. The number of nitrogens with zero attached hydrogens (tertiary/aromatic N) is 4. The molecule has 23 heavy (non-hydrogen) atoms. The molecule has 124 valence electrons. The van der Waals surface area contributed by atoms with Crippen LogP contribution in [-0.4, -0.2) is 45.9 Å². The minimum atomic E-state index is -3.52. The van der Waals surface area contributed by atoms with Crippen molar-refractivity contribution in [3.8, 4) is 0 Å². The van der Waals surface area contributed by atoms with E-state index in [0.29, 0.717) is 30.8 Å². The Morgan fingerprint density at radius 3 is 2.74 bits per heavy atom. The second-order valence-corrected chi connectivity index (χ2v) is 7.86. The van der Waals surface area contributed by atoms with Gasteiger partial charge in [0, 0.05) is 39.4 Å². The van der Waals surface area contributed by atoms with Crippen LogP contribution < -0.4 is 5.56 Å². The third-order valence-corrected chi connectivity index (χ3v) is 4.86. The molecular weight excluding hydrogens is 318 g/mol. The Morgan fingerprint density at radius 1 is 1.39 bits per heavy atom. The second kappa shape index (κ2) is 5.57. The van der Waals surface area contributed by atoms with Crippen molar-refractivity contribution >= 4 is 9.84 Å². The number of hydrogen-bond donors (Lipinski definition) is 1. The van der Waals surface area contributed by atoms with Gasteiger partial charge in [-0.1, -0.05) is 0 Å². The van der Waals surface area contributed by atoms with E-state index in [9.17, 15) is 13.2 Å². The SMILES string of the molecule is Cc1cc(CN2CCc3nc(S(C)(=O)=O)[nH]c(=O)c3C2)n(C)n1. The summed E-state index contributed by atoms with van der Waals surface area (Å²) in [6.07, 6.45) is 1.59. The Bertz CT molecular complexity index is 913. The molecule has 3 rings (SSSR count). The zero-order chi connectivity index (χ0) is 16.8. The molecule has 0 fully saturated rings. The van der Waals surface area contributed by atoms with E-state index in [0.717, 1.165) is 24.2 Å². The molecule has 0 saturated heterocycles. The molecule has 2 aromatic heterocycles. The van der Waals surface area contributed by atoms with Gasteiger partial charge in [0.05, 0.1) is 22.6 Å². The third kappa shape index (κ3) is 3.20. The summed E-state index contributed by atoms with van der Waals surface area (Å²) in [5.74, 6) is 0. The molecule has 0 aromatic carbocycles. The monoisotopic (exact) mass is 337 g/mol. The second-order valence-electron chi connectivity index (χ2n) is 5.93. The van der Waals surface area contributed by atoms with E-state index in [1.54, 1.807) is 0 Å². The highest BCUT2D eigenvalue weighted by Gasteiger charge is 2.24. The molecule has 2 aromatic rings. The normalized spacial score (nSPS) is 15.6. The molecule has 1 aliphatic rings. The lowest BCUT2D eigenvalue weighted by molar-refractivity contribution is 0.234. The Kier molecular flexibility index (Phi) is 3.85. The van der Waals surface area contributed by atoms with Gasteiger partial charge in [-0.2, -0.15) is 5.10 Å². The van der Waals surface area contributed by atoms with Crippen molar-refractivity contribution in [2.75, 3.05) is 12.8 Å². The van der Waals surface area contributed by atoms with E-state index >= 15 is 0 Å². The lowest BCUT2D eigenvalue weighted by Crippen LogP contribution is -2.36. The van der Waals surface area contributed by atoms with E-state index in [1.165, 1.54) is 0 Å². The van der Waals surface area contributed by atoms with Crippen LogP contribution in [-0.2, 0) is 36.4 Å². The molecule has 0 radical (unpaired) electrons. The van der Waals surface area contributed by atoms with Gasteiger partial charge in [-0.25, -0.2) is 13.4 Å². The summed E-state index contributed by atoms with van der Waals surface area (Å²) in [6, 6.07) is 2.02. The van der Waals surface area contributed by atoms with Gasteiger partial charge in [-0.3, -0.25) is 19.4 Å². The van der Waals surface area contributed by atoms with Crippen LogP contribution in [0.25, 0.3) is 0 Å². The lowest BCUT2D eigenvalue weighted by Gasteiger charge is -2.27. The zero-order valence-electron chi connectivity index (χ0n) is 13.3. The number of nitrogens with one attached hydrogen (secondary N) is 1. The highest BCUT2D eigenvalue weighted by Crippen LogP contribution is 2.17. The van der Waals surface area contributed by atoms with Crippen LogP contribution in [0.2, 0.25) is 0 Å². The van der Waals surface area contributed by atoms with Crippen molar-refractivity contribution in [2.45, 2.75) is 31.6 Å². The molecule has 1 N–H and O–H groups in total. The van der Waals surface area contributed by atoms with Crippen LogP contribution in [0.5, 0.6) is 0 Å². The smallest absolute Gasteiger partial charge is 0.256 e. The largest absolute Gasteiger partial charge is 0.297 e. The highest BCUT2D eigenvalue weighted by atomic mass is 32.2. The zero-order valence-corrected chi connectivity index (χ0v) is 14.1. The van der Waals surface area contributed by atoms with Crippen LogP contribution in [0, 0.1) is 6.92 Å². The first kappa shape index (κ1) is 15.9. The van der Waals surface area contributed by atoms with Gasteiger partial charge in [-0.05, 0) is 13.0 Å². The minimum absolute atomic E-state index is 0.253. The van der Waals surface area contributed by atoms with Crippen LogP contribution in [0.15, 0.2) is 16.0 Å². The maximum Gasteiger partial charge on any atom is 0.256 e. The number of H-pyrrole nitrogens is 1. The molecule has 0 unspecified atom stereocenters. The molecule has 0 atom stereocenters. The number of sulfone groups is 1. The van der Waals surface area contributed by atoms with Gasteiger partial charge < -0.3 is 0 Å². The average Bonchev–Trinajstić information content (AvgIpc) is 2.76. The molecule has 0 aliphatic carbocycles. The first-order valence-corrected chi connectivity index (χ1v) is 9.17. The molecular formula is C14H19N5O3S. The predicted octanol–water partition coefficient (Wildman–Crippen LogP) is -0.226. The number of aryl methyl sites for hydroxylation is 2. The molecule has 0 amide bonds. The quantitative estimate of drug-likeness (QED) is 0.777. The Labute approximate surface area is 134 Å². The van der Waals surface area contributed by atoms with Crippen molar-refractivity contribution in [2.24, 2.45) is 7.05 Å². The molecule has 0 bridgehead atoms. The summed E-state index contributed by atoms with van der Waals surface area (Å²) in [5, 5.41) is 4.07. The van der Waals surface area contributed by atoms with E-state index in [2.05, 4.69) is 20.0 Å². The topological polar surface area (TPSA) is 101 Å². The molecule has 3 heterocycles. The van der Waals surface area contributed by atoms with E-state index in [4.69, 9.17) is 0 Å². The Hall–Kier alpha value is -2.00. The van der Waals surface area contributed by atoms with Crippen molar-refractivity contribution in [3.63, 3.8) is 0 Å². The van der Waals surface area contributed by atoms with Crippen LogP contribution in [0.1, 0.15) is 22.6 Å². The van der Waals surface area contributed by atoms with Crippen molar-refractivity contribution in [1.82, 2.24) is 24.6 Å². The maximum atomic E-state index is 12.2. The third-order valence-electron chi connectivity index (χ3n) is 3.96. The lowest BCUT2D eigenvalue weighted by atomic mass is 10.1. The first-order chi connectivity index (χ1) is 10.7. The van der Waals surface area contributed by atoms with Gasteiger partial charge in [0.1, 0.15) is 0 Å². The van der Waals surface area contributed by atoms with Gasteiger partial charge in [0.15, 0.2) is 0 Å². The van der Waals surface area contributed by atoms with Gasteiger partial charge in [-0.15, -0.1) is 0 Å². The average molecular weight is 337 g/mol. The van der Waals surface area contributed by atoms with Crippen molar-refractivity contribution in [3.05, 3.63) is 39.1 Å². The number of hydrogen-bond acceptors (Lipinski definition) is 6. The number of aromatic nitrogens is 4. The van der Waals surface area contributed by atoms with Gasteiger partial charge in [0.25, 0.3) is 5.56 Å². The Balaban J connectivity index is 1.87. The molecule has 8 nitrogen and oxygen atoms in total. The van der Waals surface area contributed by atoms with Crippen molar-refractivity contribution in [1.29, 1.82) is 0 Å². The van der Waals surface area contributed by atoms with Crippen LogP contribution in [0.3, 0.4) is 0 Å². The standard InChI is InChI=1S/C14H19N5O3S/c1-9-6-10(18(2)17-9)7-19-5-4-12-11(8-19)13(20)16-14(15-12)23(3,21)22/h6H,4-5,7-8H2,1-3H3,(H,15,16,20).